The normalized spacial score (nSPS) is 11.6. The van der Waals surface area contributed by atoms with E-state index in [4.69, 9.17) is 33.7 Å². The van der Waals surface area contributed by atoms with Crippen LogP contribution in [-0.4, -0.2) is 23.1 Å². The Hall–Kier alpha value is -2.76. The lowest BCUT2D eigenvalue weighted by atomic mass is 10.1. The highest BCUT2D eigenvalue weighted by Crippen LogP contribution is 2.33. The summed E-state index contributed by atoms with van der Waals surface area (Å²) in [5.74, 6) is -1.65. The van der Waals surface area contributed by atoms with E-state index in [-0.39, 0.29) is 12.2 Å². The van der Waals surface area contributed by atoms with E-state index < -0.39 is 11.9 Å². The number of amides is 1. The summed E-state index contributed by atoms with van der Waals surface area (Å²) in [6.45, 7) is 2.28. The van der Waals surface area contributed by atoms with Crippen LogP contribution in [0, 0.1) is 0 Å². The molecule has 0 unspecified atom stereocenters. The number of fused-ring (bicyclic) bond motifs is 1. The van der Waals surface area contributed by atoms with Gasteiger partial charge in [-0.25, -0.2) is 4.79 Å². The third-order valence-electron chi connectivity index (χ3n) is 4.25. The number of rotatable bonds is 6. The summed E-state index contributed by atoms with van der Waals surface area (Å²) in [4.78, 5) is 23.9. The average Bonchev–Trinajstić information content (AvgIpc) is 2.93. The van der Waals surface area contributed by atoms with Crippen LogP contribution < -0.4 is 5.73 Å². The summed E-state index contributed by atoms with van der Waals surface area (Å²) in [5, 5.41) is 1.83. The minimum absolute atomic E-state index is 0.134. The van der Waals surface area contributed by atoms with Crippen LogP contribution in [0.5, 0.6) is 0 Å². The van der Waals surface area contributed by atoms with Crippen molar-refractivity contribution in [3.05, 3.63) is 75.4 Å². The molecule has 5 nitrogen and oxygen atoms in total. The van der Waals surface area contributed by atoms with Crippen LogP contribution in [0.25, 0.3) is 17.0 Å². The maximum absolute atomic E-state index is 12.1. The highest BCUT2D eigenvalue weighted by Gasteiger charge is 2.21. The first kappa shape index (κ1) is 20.0. The molecule has 0 radical (unpaired) electrons. The molecule has 7 heteroatoms. The Morgan fingerprint density at radius 2 is 1.79 bits per heavy atom. The minimum Gasteiger partial charge on any atom is -0.462 e. The predicted molar refractivity (Wildman–Crippen MR) is 111 cm³/mol. The summed E-state index contributed by atoms with van der Waals surface area (Å²) >= 11 is 12.6. The summed E-state index contributed by atoms with van der Waals surface area (Å²) in [5.41, 5.74) is 7.53. The Bertz CT molecular complexity index is 1070. The van der Waals surface area contributed by atoms with Crippen LogP contribution in [0.2, 0.25) is 10.2 Å². The lowest BCUT2D eigenvalue weighted by Crippen LogP contribution is -2.22. The molecular formula is C21H18Cl2N2O3. The number of esters is 1. The molecule has 0 saturated carbocycles. The van der Waals surface area contributed by atoms with Gasteiger partial charge in [0.05, 0.1) is 12.1 Å². The van der Waals surface area contributed by atoms with E-state index in [0.717, 1.165) is 16.5 Å². The third-order valence-corrected chi connectivity index (χ3v) is 4.91. The number of primary amides is 1. The van der Waals surface area contributed by atoms with Gasteiger partial charge in [0.25, 0.3) is 5.91 Å². The number of halogens is 2. The van der Waals surface area contributed by atoms with Crippen molar-refractivity contribution in [1.29, 1.82) is 0 Å². The number of hydrogen-bond donors (Lipinski definition) is 1. The number of nitrogens with two attached hydrogens (primary N) is 1. The zero-order valence-corrected chi connectivity index (χ0v) is 16.6. The molecule has 144 valence electrons. The molecule has 2 N–H and O–H groups in total. The standard InChI is InChI=1S/C21H18Cl2N2O3/c1-2-28-21(27)17(20(24)26)11-16-15-5-3-4-6-18(15)25(19(16)23)12-13-7-9-14(22)10-8-13/h3-11H,2,12H2,1H3,(H2,24,26)/b17-11-. The van der Waals surface area contributed by atoms with Crippen molar-refractivity contribution in [2.24, 2.45) is 5.73 Å². The van der Waals surface area contributed by atoms with Gasteiger partial charge in [-0.1, -0.05) is 53.5 Å². The van der Waals surface area contributed by atoms with Crippen molar-refractivity contribution < 1.29 is 14.3 Å². The zero-order valence-electron chi connectivity index (χ0n) is 15.1. The van der Waals surface area contributed by atoms with E-state index in [1.54, 1.807) is 6.92 Å². The quantitative estimate of drug-likeness (QED) is 0.279. The van der Waals surface area contributed by atoms with Crippen molar-refractivity contribution >= 4 is 52.1 Å². The number of nitrogens with zero attached hydrogens (tertiary/aromatic N) is 1. The van der Waals surface area contributed by atoms with Crippen LogP contribution in [-0.2, 0) is 20.9 Å². The molecule has 0 aliphatic rings. The maximum Gasteiger partial charge on any atom is 0.343 e. The summed E-state index contributed by atoms with van der Waals surface area (Å²) in [7, 11) is 0. The SMILES string of the molecule is CCOC(=O)/C(=C\c1c(Cl)n(Cc2ccc(Cl)cc2)c2ccccc12)C(N)=O. The van der Waals surface area contributed by atoms with Crippen LogP contribution in [0.15, 0.2) is 54.1 Å². The lowest BCUT2D eigenvalue weighted by Gasteiger charge is -2.08. The van der Waals surface area contributed by atoms with Crippen LogP contribution >= 0.6 is 23.2 Å². The largest absolute Gasteiger partial charge is 0.462 e. The van der Waals surface area contributed by atoms with Crippen LogP contribution in [0.1, 0.15) is 18.1 Å². The summed E-state index contributed by atoms with van der Waals surface area (Å²) in [6, 6.07) is 15.0. The second-order valence-electron chi connectivity index (χ2n) is 6.08. The van der Waals surface area contributed by atoms with Crippen LogP contribution in [0.4, 0.5) is 0 Å². The van der Waals surface area contributed by atoms with Crippen molar-refractivity contribution in [2.75, 3.05) is 6.61 Å². The van der Waals surface area contributed by atoms with E-state index in [9.17, 15) is 9.59 Å². The average molecular weight is 417 g/mol. The van der Waals surface area contributed by atoms with Gasteiger partial charge in [-0.05, 0) is 36.8 Å². The first-order chi connectivity index (χ1) is 13.4. The molecule has 1 amide bonds. The number of carbonyl (C=O) groups excluding carboxylic acids is 2. The fourth-order valence-electron chi connectivity index (χ4n) is 2.95. The maximum atomic E-state index is 12.1. The number of ether oxygens (including phenoxy) is 1. The highest BCUT2D eigenvalue weighted by atomic mass is 35.5. The lowest BCUT2D eigenvalue weighted by molar-refractivity contribution is -0.139. The van der Waals surface area contributed by atoms with Gasteiger partial charge in [0.2, 0.25) is 0 Å². The van der Waals surface area contributed by atoms with Crippen molar-refractivity contribution in [1.82, 2.24) is 4.57 Å². The van der Waals surface area contributed by atoms with E-state index in [2.05, 4.69) is 0 Å². The van der Waals surface area contributed by atoms with Gasteiger partial charge < -0.3 is 15.0 Å². The monoisotopic (exact) mass is 416 g/mol. The molecule has 0 spiro atoms. The molecule has 0 aliphatic heterocycles. The Morgan fingerprint density at radius 3 is 2.43 bits per heavy atom. The highest BCUT2D eigenvalue weighted by molar-refractivity contribution is 6.34. The molecule has 1 aromatic heterocycles. The number of hydrogen-bond acceptors (Lipinski definition) is 3. The fourth-order valence-corrected chi connectivity index (χ4v) is 3.38. The molecular weight excluding hydrogens is 399 g/mol. The Morgan fingerprint density at radius 1 is 1.11 bits per heavy atom. The molecule has 0 bridgehead atoms. The van der Waals surface area contributed by atoms with Gasteiger partial charge in [0, 0.05) is 22.5 Å². The van der Waals surface area contributed by atoms with Crippen molar-refractivity contribution in [3.63, 3.8) is 0 Å². The van der Waals surface area contributed by atoms with Gasteiger partial charge in [0.15, 0.2) is 0 Å². The third kappa shape index (κ3) is 4.06. The van der Waals surface area contributed by atoms with E-state index in [1.807, 2.05) is 53.1 Å². The van der Waals surface area contributed by atoms with Gasteiger partial charge in [-0.15, -0.1) is 0 Å². The Kier molecular flexibility index (Phi) is 6.07. The zero-order chi connectivity index (χ0) is 20.3. The van der Waals surface area contributed by atoms with Crippen molar-refractivity contribution in [2.45, 2.75) is 13.5 Å². The molecule has 0 saturated heterocycles. The summed E-state index contributed by atoms with van der Waals surface area (Å²) in [6.07, 6.45) is 1.39. The smallest absolute Gasteiger partial charge is 0.343 e. The molecule has 3 rings (SSSR count). The molecule has 3 aromatic rings. The first-order valence-electron chi connectivity index (χ1n) is 8.62. The fraction of sp³-hybridized carbons (Fsp3) is 0.143. The van der Waals surface area contributed by atoms with E-state index >= 15 is 0 Å². The minimum atomic E-state index is -0.871. The second kappa shape index (κ2) is 8.50. The second-order valence-corrected chi connectivity index (χ2v) is 6.87. The predicted octanol–water partition coefficient (Wildman–Crippen LogP) is 4.43. The number of para-hydroxylation sites is 1. The number of carbonyl (C=O) groups is 2. The van der Waals surface area contributed by atoms with E-state index in [0.29, 0.717) is 22.3 Å². The topological polar surface area (TPSA) is 74.3 Å². The van der Waals surface area contributed by atoms with Gasteiger partial charge in [0.1, 0.15) is 10.7 Å². The molecule has 0 aliphatic carbocycles. The van der Waals surface area contributed by atoms with Gasteiger partial charge >= 0.3 is 5.97 Å². The van der Waals surface area contributed by atoms with Crippen molar-refractivity contribution in [3.8, 4) is 0 Å². The molecule has 28 heavy (non-hydrogen) atoms. The molecule has 1 heterocycles. The van der Waals surface area contributed by atoms with E-state index in [1.165, 1.54) is 6.08 Å². The first-order valence-corrected chi connectivity index (χ1v) is 9.37. The molecule has 2 aromatic carbocycles. The molecule has 0 atom stereocenters. The number of aromatic nitrogens is 1. The Labute approximate surface area is 172 Å². The number of benzene rings is 2. The van der Waals surface area contributed by atoms with Gasteiger partial charge in [-0.2, -0.15) is 0 Å². The van der Waals surface area contributed by atoms with Gasteiger partial charge in [-0.3, -0.25) is 4.79 Å². The summed E-state index contributed by atoms with van der Waals surface area (Å²) < 4.78 is 6.83. The molecule has 0 fully saturated rings. The van der Waals surface area contributed by atoms with Crippen LogP contribution in [0.3, 0.4) is 0 Å². The Balaban J connectivity index is 2.14.